The largest absolute Gasteiger partial charge is 0.446 e. The van der Waals surface area contributed by atoms with Crippen LogP contribution in [0.2, 0.25) is 0 Å². The van der Waals surface area contributed by atoms with E-state index in [0.717, 1.165) is 24.1 Å². The van der Waals surface area contributed by atoms with Crippen molar-refractivity contribution in [1.29, 1.82) is 0 Å². The molecule has 180 valence electrons. The van der Waals surface area contributed by atoms with Gasteiger partial charge in [-0.05, 0) is 49.2 Å². The number of amides is 1. The van der Waals surface area contributed by atoms with Crippen LogP contribution in [0.4, 0.5) is 16.0 Å². The first-order valence-electron chi connectivity index (χ1n) is 11.3. The number of ether oxygens (including phenoxy) is 1. The zero-order valence-electron chi connectivity index (χ0n) is 19.3. The number of anilines is 1. The SMILES string of the molecule is [C-]#[N+]c1cccnc1Oc1ccc(-c2nc(C3CCCN(C(=O)C=C)C3)c3ccnc(N)n23)cc1F. The zero-order valence-corrected chi connectivity index (χ0v) is 19.3. The second-order valence-electron chi connectivity index (χ2n) is 8.36. The van der Waals surface area contributed by atoms with Crippen molar-refractivity contribution >= 4 is 23.1 Å². The van der Waals surface area contributed by atoms with Crippen LogP contribution in [0.15, 0.2) is 61.4 Å². The molecule has 4 heterocycles. The summed E-state index contributed by atoms with van der Waals surface area (Å²) >= 11 is 0. The molecule has 1 atom stereocenters. The van der Waals surface area contributed by atoms with Gasteiger partial charge in [0, 0.05) is 37.0 Å². The number of fused-ring (bicyclic) bond motifs is 1. The Morgan fingerprint density at radius 2 is 2.14 bits per heavy atom. The molecule has 0 radical (unpaired) electrons. The van der Waals surface area contributed by atoms with Gasteiger partial charge in [0.05, 0.1) is 17.8 Å². The van der Waals surface area contributed by atoms with Gasteiger partial charge in [0.2, 0.25) is 23.4 Å². The van der Waals surface area contributed by atoms with Gasteiger partial charge in [-0.25, -0.2) is 24.2 Å². The third kappa shape index (κ3) is 4.11. The Morgan fingerprint density at radius 1 is 1.28 bits per heavy atom. The number of nitrogens with zero attached hydrogens (tertiary/aromatic N) is 6. The quantitative estimate of drug-likeness (QED) is 0.325. The van der Waals surface area contributed by atoms with Gasteiger partial charge in [0.25, 0.3) is 0 Å². The maximum atomic E-state index is 15.1. The lowest BCUT2D eigenvalue weighted by molar-refractivity contribution is -0.127. The predicted molar refractivity (Wildman–Crippen MR) is 132 cm³/mol. The summed E-state index contributed by atoms with van der Waals surface area (Å²) < 4.78 is 22.4. The van der Waals surface area contributed by atoms with Crippen molar-refractivity contribution in [2.24, 2.45) is 0 Å². The third-order valence-electron chi connectivity index (χ3n) is 6.17. The van der Waals surface area contributed by atoms with Crippen LogP contribution >= 0.6 is 0 Å². The molecule has 4 aromatic rings. The van der Waals surface area contributed by atoms with Gasteiger partial charge >= 0.3 is 0 Å². The maximum absolute atomic E-state index is 15.1. The molecule has 0 bridgehead atoms. The molecule has 1 aliphatic heterocycles. The fourth-order valence-electron chi connectivity index (χ4n) is 4.48. The number of likely N-dealkylation sites (tertiary alicyclic amines) is 1. The molecular weight excluding hydrogens is 461 g/mol. The van der Waals surface area contributed by atoms with Gasteiger partial charge < -0.3 is 15.4 Å². The van der Waals surface area contributed by atoms with Gasteiger partial charge in [-0.3, -0.25) is 9.20 Å². The summed E-state index contributed by atoms with van der Waals surface area (Å²) in [6, 6.07) is 9.40. The van der Waals surface area contributed by atoms with Crippen LogP contribution in [0.1, 0.15) is 24.5 Å². The minimum absolute atomic E-state index is 0.0168. The Labute approximate surface area is 206 Å². The summed E-state index contributed by atoms with van der Waals surface area (Å²) in [5, 5.41) is 0. The van der Waals surface area contributed by atoms with Crippen LogP contribution in [0, 0.1) is 12.4 Å². The molecular formula is C26H22FN7O2. The number of aromatic nitrogens is 4. The lowest BCUT2D eigenvalue weighted by atomic mass is 9.94. The van der Waals surface area contributed by atoms with E-state index in [-0.39, 0.29) is 35.1 Å². The summed E-state index contributed by atoms with van der Waals surface area (Å²) in [5.41, 5.74) is 8.40. The molecule has 1 aliphatic rings. The molecule has 36 heavy (non-hydrogen) atoms. The lowest BCUT2D eigenvalue weighted by Crippen LogP contribution is -2.38. The number of piperidine rings is 1. The fourth-order valence-corrected chi connectivity index (χ4v) is 4.48. The van der Waals surface area contributed by atoms with Crippen LogP contribution in [0.5, 0.6) is 11.6 Å². The average molecular weight is 484 g/mol. The number of halogens is 1. The van der Waals surface area contributed by atoms with Crippen molar-refractivity contribution in [3.05, 3.63) is 84.4 Å². The normalized spacial score (nSPS) is 15.4. The van der Waals surface area contributed by atoms with Crippen LogP contribution < -0.4 is 10.5 Å². The lowest BCUT2D eigenvalue weighted by Gasteiger charge is -2.31. The molecule has 5 rings (SSSR count). The first-order chi connectivity index (χ1) is 17.5. The Morgan fingerprint density at radius 3 is 2.92 bits per heavy atom. The predicted octanol–water partition coefficient (Wildman–Crippen LogP) is 4.75. The van der Waals surface area contributed by atoms with Gasteiger partial charge in [-0.15, -0.1) is 0 Å². The molecule has 9 nitrogen and oxygen atoms in total. The Hall–Kier alpha value is -4.78. The summed E-state index contributed by atoms with van der Waals surface area (Å²) in [5.74, 6) is -0.170. The average Bonchev–Trinajstić information content (AvgIpc) is 3.31. The van der Waals surface area contributed by atoms with Crippen molar-refractivity contribution in [1.82, 2.24) is 24.3 Å². The minimum Gasteiger partial charge on any atom is -0.446 e. The monoisotopic (exact) mass is 483 g/mol. The molecule has 1 unspecified atom stereocenters. The number of benzene rings is 1. The molecule has 0 saturated carbocycles. The first kappa shape index (κ1) is 23.0. The Kier molecular flexibility index (Phi) is 6.04. The maximum Gasteiger partial charge on any atom is 0.247 e. The number of nitrogens with two attached hydrogens (primary N) is 1. The number of carbonyl (C=O) groups is 1. The van der Waals surface area contributed by atoms with Gasteiger partial charge in [0.1, 0.15) is 5.82 Å². The van der Waals surface area contributed by atoms with E-state index >= 15 is 4.39 Å². The smallest absolute Gasteiger partial charge is 0.247 e. The number of pyridine rings is 1. The number of carbonyl (C=O) groups excluding carboxylic acids is 1. The van der Waals surface area contributed by atoms with Crippen molar-refractivity contribution in [3.63, 3.8) is 0 Å². The summed E-state index contributed by atoms with van der Waals surface area (Å²) in [4.78, 5) is 30.4. The van der Waals surface area contributed by atoms with E-state index in [0.29, 0.717) is 24.5 Å². The second-order valence-corrected chi connectivity index (χ2v) is 8.36. The van der Waals surface area contributed by atoms with Crippen LogP contribution in [-0.4, -0.2) is 43.2 Å². The zero-order chi connectivity index (χ0) is 25.2. The standard InChI is InChI=1S/C26H22FN7O2/c1-3-22(35)33-13-5-6-17(15-33)23-20-10-12-31-26(28)34(20)24(32-23)16-8-9-21(18(27)14-16)36-25-19(29-2)7-4-11-30-25/h3-4,7-12,14,17H,1,5-6,13,15H2,(H2,28,31). The number of imidazole rings is 1. The Balaban J connectivity index is 1.53. The van der Waals surface area contributed by atoms with Crippen LogP contribution in [-0.2, 0) is 4.79 Å². The van der Waals surface area contributed by atoms with Crippen molar-refractivity contribution in [2.45, 2.75) is 18.8 Å². The topological polar surface area (TPSA) is 103 Å². The summed E-state index contributed by atoms with van der Waals surface area (Å²) in [6.07, 6.45) is 6.08. The van der Waals surface area contributed by atoms with Crippen LogP contribution in [0.3, 0.4) is 0 Å². The van der Waals surface area contributed by atoms with E-state index in [9.17, 15) is 4.79 Å². The van der Waals surface area contributed by atoms with Gasteiger partial charge in [-0.1, -0.05) is 12.6 Å². The number of hydrogen-bond acceptors (Lipinski definition) is 6. The van der Waals surface area contributed by atoms with E-state index < -0.39 is 5.82 Å². The van der Waals surface area contributed by atoms with Crippen molar-refractivity contribution in [2.75, 3.05) is 18.8 Å². The number of hydrogen-bond donors (Lipinski definition) is 1. The van der Waals surface area contributed by atoms with E-state index in [1.165, 1.54) is 24.4 Å². The summed E-state index contributed by atoms with van der Waals surface area (Å²) in [6.45, 7) is 12.0. The molecule has 3 aromatic heterocycles. The highest BCUT2D eigenvalue weighted by molar-refractivity contribution is 5.87. The van der Waals surface area contributed by atoms with E-state index in [1.807, 2.05) is 6.07 Å². The molecule has 10 heteroatoms. The molecule has 0 aliphatic carbocycles. The molecule has 1 fully saturated rings. The molecule has 2 N–H and O–H groups in total. The van der Waals surface area contributed by atoms with E-state index in [1.54, 1.807) is 33.7 Å². The molecule has 1 aromatic carbocycles. The second kappa shape index (κ2) is 9.46. The van der Waals surface area contributed by atoms with Crippen molar-refractivity contribution in [3.8, 4) is 23.0 Å². The van der Waals surface area contributed by atoms with E-state index in [2.05, 4.69) is 21.4 Å². The highest BCUT2D eigenvalue weighted by Crippen LogP contribution is 2.36. The third-order valence-corrected chi connectivity index (χ3v) is 6.17. The van der Waals surface area contributed by atoms with Gasteiger partial charge in [-0.2, -0.15) is 0 Å². The Bertz CT molecular complexity index is 1520. The highest BCUT2D eigenvalue weighted by atomic mass is 19.1. The van der Waals surface area contributed by atoms with Crippen LogP contribution in [0.25, 0.3) is 21.7 Å². The molecule has 1 amide bonds. The first-order valence-corrected chi connectivity index (χ1v) is 11.3. The van der Waals surface area contributed by atoms with Crippen molar-refractivity contribution < 1.29 is 13.9 Å². The van der Waals surface area contributed by atoms with E-state index in [4.69, 9.17) is 22.0 Å². The van der Waals surface area contributed by atoms with Gasteiger partial charge in [0.15, 0.2) is 11.6 Å². The fraction of sp³-hybridized carbons (Fsp3) is 0.192. The number of rotatable bonds is 5. The molecule has 0 spiro atoms. The highest BCUT2D eigenvalue weighted by Gasteiger charge is 2.28. The molecule has 1 saturated heterocycles. The minimum atomic E-state index is -0.643. The number of nitrogen functional groups attached to an aromatic ring is 1. The summed E-state index contributed by atoms with van der Waals surface area (Å²) in [7, 11) is 0.